The van der Waals surface area contributed by atoms with Gasteiger partial charge in [-0.1, -0.05) is 99.1 Å². The fraction of sp³-hybridized carbons (Fsp3) is 0.148. The summed E-state index contributed by atoms with van der Waals surface area (Å²) in [6.45, 7) is 6.62. The third kappa shape index (κ3) is 5.15. The first kappa shape index (κ1) is 22.8. The summed E-state index contributed by atoms with van der Waals surface area (Å²) in [6.07, 6.45) is 1.77. The van der Waals surface area contributed by atoms with E-state index in [1.807, 2.05) is 18.2 Å². The molecule has 0 unspecified atom stereocenters. The maximum atomic E-state index is 6.92. The van der Waals surface area contributed by atoms with Crippen LogP contribution in [0, 0.1) is 0 Å². The van der Waals surface area contributed by atoms with Crippen LogP contribution in [0.1, 0.15) is 26.3 Å². The number of pyridine rings is 1. The molecule has 0 aliphatic carbocycles. The number of aromatic nitrogens is 1. The van der Waals surface area contributed by atoms with E-state index in [0.29, 0.717) is 5.02 Å². The number of benzene rings is 3. The second-order valence-electron chi connectivity index (χ2n) is 8.76. The predicted octanol–water partition coefficient (Wildman–Crippen LogP) is 6.38. The smallest absolute Gasteiger partial charge is 0.299 e. The molecule has 0 N–H and O–H groups in total. The van der Waals surface area contributed by atoms with Gasteiger partial charge in [0, 0.05) is 16.2 Å². The van der Waals surface area contributed by atoms with Gasteiger partial charge < -0.3 is 4.43 Å². The van der Waals surface area contributed by atoms with Crippen LogP contribution >= 0.6 is 27.5 Å². The van der Waals surface area contributed by atoms with Crippen molar-refractivity contribution in [1.82, 2.24) is 4.98 Å². The minimum atomic E-state index is -2.01. The van der Waals surface area contributed by atoms with Gasteiger partial charge in [-0.3, -0.25) is 4.98 Å². The molecule has 1 heterocycles. The number of nitrogens with zero attached hydrogens (tertiary/aromatic N) is 1. The molecule has 4 rings (SSSR count). The Morgan fingerprint density at radius 1 is 0.844 bits per heavy atom. The van der Waals surface area contributed by atoms with Crippen LogP contribution in [0.4, 0.5) is 0 Å². The van der Waals surface area contributed by atoms with Gasteiger partial charge >= 0.3 is 0 Å². The molecule has 0 fully saturated rings. The highest BCUT2D eigenvalue weighted by Crippen LogP contribution is 2.37. The lowest BCUT2D eigenvalue weighted by Gasteiger charge is -2.25. The maximum Gasteiger partial charge on any atom is 0.299 e. The summed E-state index contributed by atoms with van der Waals surface area (Å²) in [5.41, 5.74) is 2.82. The lowest BCUT2D eigenvalue weighted by Crippen LogP contribution is -2.47. The molecule has 0 aliphatic heterocycles. The predicted molar refractivity (Wildman–Crippen MR) is 141 cm³/mol. The second-order valence-corrected chi connectivity index (χ2v) is 12.4. The molecule has 0 atom stereocenters. The molecule has 0 radical (unpaired) electrons. The summed E-state index contributed by atoms with van der Waals surface area (Å²) in [5.74, 6) is 0.818. The SMILES string of the molecule is CC(C)(C)c1ccc(-c2ncc(Br)cc2Cl)c(O[SiH](c2ccccc2)c2ccccc2)c1. The summed E-state index contributed by atoms with van der Waals surface area (Å²) < 4.78 is 7.77. The van der Waals surface area contributed by atoms with Crippen molar-refractivity contribution in [3.05, 3.63) is 106 Å². The molecular formula is C27H25BrClNOSi. The summed E-state index contributed by atoms with van der Waals surface area (Å²) in [6, 6.07) is 29.2. The zero-order chi connectivity index (χ0) is 22.7. The van der Waals surface area contributed by atoms with Crippen molar-refractivity contribution in [3.63, 3.8) is 0 Å². The third-order valence-electron chi connectivity index (χ3n) is 5.36. The molecule has 1 aromatic heterocycles. The Balaban J connectivity index is 1.87. The van der Waals surface area contributed by atoms with E-state index in [0.717, 1.165) is 21.5 Å². The van der Waals surface area contributed by atoms with Crippen molar-refractivity contribution in [1.29, 1.82) is 0 Å². The van der Waals surface area contributed by atoms with Crippen molar-refractivity contribution >= 4 is 46.9 Å². The van der Waals surface area contributed by atoms with Crippen LogP contribution in [0.15, 0.2) is 95.6 Å². The van der Waals surface area contributed by atoms with Gasteiger partial charge in [-0.25, -0.2) is 0 Å². The first-order valence-corrected chi connectivity index (χ1v) is 13.3. The molecule has 5 heteroatoms. The van der Waals surface area contributed by atoms with Gasteiger partial charge in [-0.05, 0) is 55.5 Å². The molecule has 0 saturated carbocycles. The van der Waals surface area contributed by atoms with E-state index in [4.69, 9.17) is 16.0 Å². The van der Waals surface area contributed by atoms with Gasteiger partial charge in [0.05, 0.1) is 10.7 Å². The Labute approximate surface area is 205 Å². The van der Waals surface area contributed by atoms with E-state index in [1.165, 1.54) is 15.9 Å². The first-order valence-electron chi connectivity index (χ1n) is 10.6. The number of rotatable bonds is 5. The van der Waals surface area contributed by atoms with E-state index in [-0.39, 0.29) is 5.41 Å². The minimum absolute atomic E-state index is 0.00980. The van der Waals surface area contributed by atoms with E-state index >= 15 is 0 Å². The van der Waals surface area contributed by atoms with Crippen LogP contribution in [-0.2, 0) is 5.41 Å². The topological polar surface area (TPSA) is 22.1 Å². The normalized spacial score (nSPS) is 11.6. The lowest BCUT2D eigenvalue weighted by molar-refractivity contribution is 0.567. The van der Waals surface area contributed by atoms with Crippen LogP contribution in [-0.4, -0.2) is 14.0 Å². The Bertz CT molecular complexity index is 1170. The fourth-order valence-electron chi connectivity index (χ4n) is 3.61. The van der Waals surface area contributed by atoms with Crippen LogP contribution in [0.3, 0.4) is 0 Å². The molecule has 0 bridgehead atoms. The molecule has 2 nitrogen and oxygen atoms in total. The van der Waals surface area contributed by atoms with E-state index in [1.54, 1.807) is 6.20 Å². The van der Waals surface area contributed by atoms with Crippen LogP contribution < -0.4 is 14.8 Å². The average molecular weight is 523 g/mol. The molecule has 4 aromatic rings. The molecule has 0 amide bonds. The molecule has 0 saturated heterocycles. The molecule has 0 aliphatic rings. The van der Waals surface area contributed by atoms with Crippen molar-refractivity contribution in [2.45, 2.75) is 26.2 Å². The van der Waals surface area contributed by atoms with Crippen LogP contribution in [0.5, 0.6) is 5.75 Å². The van der Waals surface area contributed by atoms with Gasteiger partial charge in [0.2, 0.25) is 0 Å². The van der Waals surface area contributed by atoms with Gasteiger partial charge in [0.1, 0.15) is 5.75 Å². The highest BCUT2D eigenvalue weighted by Gasteiger charge is 2.24. The van der Waals surface area contributed by atoms with Crippen molar-refractivity contribution in [2.75, 3.05) is 0 Å². The molecular weight excluding hydrogens is 498 g/mol. The molecule has 32 heavy (non-hydrogen) atoms. The van der Waals surface area contributed by atoms with Gasteiger partial charge in [0.25, 0.3) is 9.04 Å². The van der Waals surface area contributed by atoms with Crippen molar-refractivity contribution < 1.29 is 4.43 Å². The first-order chi connectivity index (χ1) is 15.3. The molecule has 3 aromatic carbocycles. The minimum Gasteiger partial charge on any atom is -0.537 e. The Morgan fingerprint density at radius 2 is 1.44 bits per heavy atom. The van der Waals surface area contributed by atoms with Crippen LogP contribution in [0.2, 0.25) is 5.02 Å². The largest absolute Gasteiger partial charge is 0.537 e. The van der Waals surface area contributed by atoms with E-state index in [2.05, 4.69) is 108 Å². The third-order valence-corrected chi connectivity index (χ3v) is 8.55. The molecule has 162 valence electrons. The van der Waals surface area contributed by atoms with Gasteiger partial charge in [-0.15, -0.1) is 0 Å². The van der Waals surface area contributed by atoms with Gasteiger partial charge in [-0.2, -0.15) is 0 Å². The number of hydrogen-bond donors (Lipinski definition) is 0. The Hall–Kier alpha value is -2.40. The standard InChI is InChI=1S/C27H25BrClNOSi/c1-27(2,3)19-14-15-23(26-24(29)17-20(28)18-30-26)25(16-19)31-32(21-10-6-4-7-11-21)22-12-8-5-9-13-22/h4-18,32H,1-3H3. The summed E-state index contributed by atoms with van der Waals surface area (Å²) >= 11 is 10.1. The molecule has 0 spiro atoms. The van der Waals surface area contributed by atoms with E-state index in [9.17, 15) is 0 Å². The number of halogens is 2. The summed E-state index contributed by atoms with van der Waals surface area (Å²) in [5, 5.41) is 3.03. The maximum absolute atomic E-state index is 6.92. The van der Waals surface area contributed by atoms with E-state index < -0.39 is 9.04 Å². The Morgan fingerprint density at radius 3 is 1.97 bits per heavy atom. The monoisotopic (exact) mass is 521 g/mol. The summed E-state index contributed by atoms with van der Waals surface area (Å²) in [4.78, 5) is 4.61. The quantitative estimate of drug-likeness (QED) is 0.284. The highest BCUT2D eigenvalue weighted by molar-refractivity contribution is 9.10. The van der Waals surface area contributed by atoms with Crippen molar-refractivity contribution in [3.8, 4) is 17.0 Å². The second kappa shape index (κ2) is 9.61. The summed E-state index contributed by atoms with van der Waals surface area (Å²) in [7, 11) is -2.01. The number of hydrogen-bond acceptors (Lipinski definition) is 2. The fourth-order valence-corrected chi connectivity index (χ4v) is 6.59. The van der Waals surface area contributed by atoms with Crippen molar-refractivity contribution in [2.24, 2.45) is 0 Å². The Kier molecular flexibility index (Phi) is 6.84. The lowest BCUT2D eigenvalue weighted by atomic mass is 9.86. The van der Waals surface area contributed by atoms with Crippen LogP contribution in [0.25, 0.3) is 11.3 Å². The highest BCUT2D eigenvalue weighted by atomic mass is 79.9. The zero-order valence-electron chi connectivity index (χ0n) is 18.3. The average Bonchev–Trinajstić information content (AvgIpc) is 2.78. The van der Waals surface area contributed by atoms with Gasteiger partial charge in [0.15, 0.2) is 0 Å². The zero-order valence-corrected chi connectivity index (χ0v) is 21.8.